The maximum absolute atomic E-state index is 12.7. The first kappa shape index (κ1) is 20.1. The Balaban J connectivity index is 1.86. The molecule has 3 N–H and O–H groups in total. The number of hydroxylamine groups is 1. The Kier molecular flexibility index (Phi) is 6.45. The zero-order valence-corrected chi connectivity index (χ0v) is 15.0. The second-order valence-corrected chi connectivity index (χ2v) is 6.27. The summed E-state index contributed by atoms with van der Waals surface area (Å²) in [4.78, 5) is 5.42. The first-order chi connectivity index (χ1) is 13.5. The van der Waals surface area contributed by atoms with Crippen LogP contribution < -0.4 is 15.0 Å². The standard InChI is InChI=1S/C20H21F2NO5/c21-19(22)27-17-7-6-15(16-11-20(13-25,8-9-24)28-23-16)10-18(17)26-12-14-4-2-1-3-5-14/h1-7,10-11,19,23-25H,8-9,12-13H2. The highest BCUT2D eigenvalue weighted by Gasteiger charge is 2.34. The lowest BCUT2D eigenvalue weighted by Gasteiger charge is -2.21. The Labute approximate surface area is 160 Å². The molecule has 1 unspecified atom stereocenters. The molecule has 28 heavy (non-hydrogen) atoms. The van der Waals surface area contributed by atoms with E-state index in [1.165, 1.54) is 6.07 Å². The van der Waals surface area contributed by atoms with Crippen molar-refractivity contribution in [1.29, 1.82) is 0 Å². The van der Waals surface area contributed by atoms with Crippen LogP contribution in [0.4, 0.5) is 8.78 Å². The summed E-state index contributed by atoms with van der Waals surface area (Å²) in [6, 6.07) is 13.8. The highest BCUT2D eigenvalue weighted by molar-refractivity contribution is 5.68. The topological polar surface area (TPSA) is 80.2 Å². The first-order valence-electron chi connectivity index (χ1n) is 8.70. The van der Waals surface area contributed by atoms with Crippen LogP contribution in [-0.4, -0.2) is 35.6 Å². The van der Waals surface area contributed by atoms with Crippen molar-refractivity contribution in [2.24, 2.45) is 0 Å². The normalized spacial score (nSPS) is 18.7. The third kappa shape index (κ3) is 4.78. The average molecular weight is 393 g/mol. The quantitative estimate of drug-likeness (QED) is 0.608. The number of nitrogens with one attached hydrogen (secondary N) is 1. The van der Waals surface area contributed by atoms with Crippen molar-refractivity contribution < 1.29 is 33.3 Å². The summed E-state index contributed by atoms with van der Waals surface area (Å²) in [6.07, 6.45) is 1.84. The van der Waals surface area contributed by atoms with Crippen LogP contribution in [0.1, 0.15) is 17.5 Å². The SMILES string of the molecule is OCCC1(CO)C=C(c2ccc(OC(F)F)c(OCc3ccccc3)c2)NO1. The molecule has 2 aromatic carbocycles. The molecule has 0 bridgehead atoms. The zero-order chi connectivity index (χ0) is 20.0. The van der Waals surface area contributed by atoms with Gasteiger partial charge in [0, 0.05) is 18.6 Å². The first-order valence-corrected chi connectivity index (χ1v) is 8.70. The van der Waals surface area contributed by atoms with Crippen LogP contribution in [-0.2, 0) is 11.4 Å². The number of rotatable bonds is 9. The molecule has 1 heterocycles. The number of aliphatic hydroxyl groups is 2. The molecule has 0 amide bonds. The molecule has 0 spiro atoms. The Morgan fingerprint density at radius 1 is 1.07 bits per heavy atom. The molecule has 6 nitrogen and oxygen atoms in total. The van der Waals surface area contributed by atoms with Crippen LogP contribution in [0.3, 0.4) is 0 Å². The van der Waals surface area contributed by atoms with E-state index in [1.54, 1.807) is 18.2 Å². The van der Waals surface area contributed by atoms with Crippen molar-refractivity contribution >= 4 is 5.70 Å². The lowest BCUT2D eigenvalue weighted by molar-refractivity contribution is -0.0764. The van der Waals surface area contributed by atoms with Crippen LogP contribution in [0.2, 0.25) is 0 Å². The van der Waals surface area contributed by atoms with Gasteiger partial charge in [-0.15, -0.1) is 0 Å². The summed E-state index contributed by atoms with van der Waals surface area (Å²) in [5.74, 6) is 0.0611. The summed E-state index contributed by atoms with van der Waals surface area (Å²) in [6.45, 7) is -3.30. The van der Waals surface area contributed by atoms with E-state index in [2.05, 4.69) is 10.2 Å². The Bertz CT molecular complexity index is 815. The van der Waals surface area contributed by atoms with E-state index >= 15 is 0 Å². The third-order valence-corrected chi connectivity index (χ3v) is 4.28. The molecule has 0 fully saturated rings. The van der Waals surface area contributed by atoms with Crippen molar-refractivity contribution in [3.05, 3.63) is 65.7 Å². The molecule has 2 aromatic rings. The smallest absolute Gasteiger partial charge is 0.387 e. The number of hydrogen-bond donors (Lipinski definition) is 3. The molecule has 0 saturated carbocycles. The molecule has 150 valence electrons. The van der Waals surface area contributed by atoms with Gasteiger partial charge in [-0.3, -0.25) is 10.3 Å². The van der Waals surface area contributed by atoms with Crippen molar-refractivity contribution in [3.63, 3.8) is 0 Å². The van der Waals surface area contributed by atoms with E-state index in [-0.39, 0.29) is 37.7 Å². The van der Waals surface area contributed by atoms with E-state index < -0.39 is 12.2 Å². The number of hydrogen-bond acceptors (Lipinski definition) is 6. The Morgan fingerprint density at radius 2 is 1.86 bits per heavy atom. The summed E-state index contributed by atoms with van der Waals surface area (Å²) in [5, 5.41) is 18.7. The van der Waals surface area contributed by atoms with Crippen LogP contribution in [0.25, 0.3) is 5.70 Å². The summed E-state index contributed by atoms with van der Waals surface area (Å²) < 4.78 is 35.7. The van der Waals surface area contributed by atoms with Gasteiger partial charge in [0.2, 0.25) is 0 Å². The molecular formula is C20H21F2NO5. The predicted molar refractivity (Wildman–Crippen MR) is 97.6 cm³/mol. The van der Waals surface area contributed by atoms with Crippen LogP contribution in [0, 0.1) is 0 Å². The fourth-order valence-electron chi connectivity index (χ4n) is 2.81. The number of alkyl halides is 2. The highest BCUT2D eigenvalue weighted by Crippen LogP contribution is 2.35. The van der Waals surface area contributed by atoms with Gasteiger partial charge < -0.3 is 19.7 Å². The Hall–Kier alpha value is -2.68. The second kappa shape index (κ2) is 9.01. The molecule has 1 aliphatic heterocycles. The van der Waals surface area contributed by atoms with Crippen molar-refractivity contribution in [3.8, 4) is 11.5 Å². The Morgan fingerprint density at radius 3 is 2.54 bits per heavy atom. The largest absolute Gasteiger partial charge is 0.485 e. The molecule has 0 radical (unpaired) electrons. The summed E-state index contributed by atoms with van der Waals surface area (Å²) in [7, 11) is 0. The van der Waals surface area contributed by atoms with Gasteiger partial charge in [0.15, 0.2) is 11.5 Å². The predicted octanol–water partition coefficient (Wildman–Crippen LogP) is 2.86. The fraction of sp³-hybridized carbons (Fsp3) is 0.300. The minimum absolute atomic E-state index is 0.0852. The van der Waals surface area contributed by atoms with E-state index in [9.17, 15) is 13.9 Å². The van der Waals surface area contributed by atoms with Gasteiger partial charge in [-0.2, -0.15) is 8.78 Å². The summed E-state index contributed by atoms with van der Waals surface area (Å²) in [5.41, 5.74) is 3.65. The minimum atomic E-state index is -2.98. The van der Waals surface area contributed by atoms with Crippen molar-refractivity contribution in [2.45, 2.75) is 25.2 Å². The number of benzene rings is 2. The maximum Gasteiger partial charge on any atom is 0.387 e. The van der Waals surface area contributed by atoms with Gasteiger partial charge in [-0.05, 0) is 29.8 Å². The van der Waals surface area contributed by atoms with Gasteiger partial charge in [0.05, 0.1) is 12.3 Å². The molecule has 0 aromatic heterocycles. The van der Waals surface area contributed by atoms with Crippen molar-refractivity contribution in [2.75, 3.05) is 13.2 Å². The third-order valence-electron chi connectivity index (χ3n) is 4.28. The zero-order valence-electron chi connectivity index (χ0n) is 15.0. The van der Waals surface area contributed by atoms with Crippen LogP contribution in [0.5, 0.6) is 11.5 Å². The average Bonchev–Trinajstić information content (AvgIpc) is 3.12. The van der Waals surface area contributed by atoms with Gasteiger partial charge >= 0.3 is 6.61 Å². The number of aliphatic hydroxyl groups excluding tert-OH is 2. The number of halogens is 2. The fourth-order valence-corrected chi connectivity index (χ4v) is 2.81. The van der Waals surface area contributed by atoms with E-state index in [0.29, 0.717) is 11.3 Å². The minimum Gasteiger partial charge on any atom is -0.485 e. The van der Waals surface area contributed by atoms with E-state index in [4.69, 9.17) is 14.7 Å². The second-order valence-electron chi connectivity index (χ2n) is 6.27. The lowest BCUT2D eigenvalue weighted by Crippen LogP contribution is -2.34. The van der Waals surface area contributed by atoms with Crippen LogP contribution >= 0.6 is 0 Å². The van der Waals surface area contributed by atoms with Gasteiger partial charge in [-0.1, -0.05) is 30.3 Å². The van der Waals surface area contributed by atoms with Gasteiger partial charge in [0.1, 0.15) is 12.2 Å². The molecule has 0 saturated heterocycles. The molecule has 3 rings (SSSR count). The summed E-state index contributed by atoms with van der Waals surface area (Å²) >= 11 is 0. The molecule has 8 heteroatoms. The molecule has 0 aliphatic carbocycles. The maximum atomic E-state index is 12.7. The van der Waals surface area contributed by atoms with Gasteiger partial charge in [0.25, 0.3) is 0 Å². The molecule has 1 aliphatic rings. The van der Waals surface area contributed by atoms with E-state index in [1.807, 2.05) is 30.3 Å². The number of ether oxygens (including phenoxy) is 2. The molecular weight excluding hydrogens is 372 g/mol. The van der Waals surface area contributed by atoms with Crippen LogP contribution in [0.15, 0.2) is 54.6 Å². The van der Waals surface area contributed by atoms with Crippen molar-refractivity contribution in [1.82, 2.24) is 5.48 Å². The highest BCUT2D eigenvalue weighted by atomic mass is 19.3. The lowest BCUT2D eigenvalue weighted by atomic mass is 9.99. The van der Waals surface area contributed by atoms with E-state index in [0.717, 1.165) is 5.56 Å². The molecule has 1 atom stereocenters. The monoisotopic (exact) mass is 393 g/mol. The van der Waals surface area contributed by atoms with Gasteiger partial charge in [-0.25, -0.2) is 0 Å².